The van der Waals surface area contributed by atoms with Crippen molar-refractivity contribution in [2.24, 2.45) is 0 Å². The van der Waals surface area contributed by atoms with Crippen LogP contribution in [0.1, 0.15) is 5.69 Å². The number of hydrogen-bond acceptors (Lipinski definition) is 2. The molecule has 0 aromatic carbocycles. The minimum Gasteiger partial charge on any atom is -0.297 e. The number of imidazole rings is 1. The Balaban J connectivity index is 2.92. The van der Waals surface area contributed by atoms with Gasteiger partial charge in [-0.2, -0.15) is 0 Å². The minimum absolute atomic E-state index is 1.08. The molecule has 0 radical (unpaired) electrons. The van der Waals surface area contributed by atoms with Gasteiger partial charge < -0.3 is 0 Å². The van der Waals surface area contributed by atoms with Crippen LogP contribution in [0.3, 0.4) is 0 Å². The van der Waals surface area contributed by atoms with Gasteiger partial charge in [-0.1, -0.05) is 0 Å². The fourth-order valence-corrected chi connectivity index (χ4v) is 1.59. The molecule has 0 saturated carbocycles. The Labute approximate surface area is 56.8 Å². The molecule has 0 unspecified atom stereocenters. The smallest absolute Gasteiger partial charge is 0.193 e. The van der Waals surface area contributed by atoms with Gasteiger partial charge in [0, 0.05) is 17.8 Å². The van der Waals surface area contributed by atoms with Crippen molar-refractivity contribution in [3.8, 4) is 0 Å². The number of fused-ring (bicyclic) bond motifs is 1. The molecule has 9 heavy (non-hydrogen) atoms. The number of aryl methyl sites for hydroxylation is 1. The summed E-state index contributed by atoms with van der Waals surface area (Å²) in [5.41, 5.74) is 1.09. The third kappa shape index (κ3) is 0.650. The monoisotopic (exact) mass is 138 g/mol. The van der Waals surface area contributed by atoms with Crippen molar-refractivity contribution in [2.45, 2.75) is 6.92 Å². The van der Waals surface area contributed by atoms with Gasteiger partial charge in [-0.3, -0.25) is 4.40 Å². The number of rotatable bonds is 0. The normalized spacial score (nSPS) is 10.8. The maximum absolute atomic E-state index is 4.25. The van der Waals surface area contributed by atoms with E-state index in [2.05, 4.69) is 4.98 Å². The first-order valence-corrected chi connectivity index (χ1v) is 3.63. The standard InChI is InChI=1S/C6H6N2S/c1-5-4-8-2-3-9-6(8)7-5/h2-4H,1H3. The average Bonchev–Trinajstić information content (AvgIpc) is 2.22. The number of nitrogens with zero attached hydrogens (tertiary/aromatic N) is 2. The van der Waals surface area contributed by atoms with Gasteiger partial charge in [0.1, 0.15) is 0 Å². The van der Waals surface area contributed by atoms with E-state index >= 15 is 0 Å². The molecule has 0 amide bonds. The van der Waals surface area contributed by atoms with Gasteiger partial charge in [-0.15, -0.1) is 11.3 Å². The highest BCUT2D eigenvalue weighted by atomic mass is 32.1. The predicted molar refractivity (Wildman–Crippen MR) is 37.8 cm³/mol. The lowest BCUT2D eigenvalue weighted by Gasteiger charge is -1.72. The molecule has 0 atom stereocenters. The number of thiazole rings is 1. The molecule has 2 aromatic rings. The highest BCUT2D eigenvalue weighted by Crippen LogP contribution is 2.09. The second kappa shape index (κ2) is 1.57. The average molecular weight is 138 g/mol. The Kier molecular flexibility index (Phi) is 0.873. The molecule has 2 heterocycles. The first kappa shape index (κ1) is 4.99. The summed E-state index contributed by atoms with van der Waals surface area (Å²) in [4.78, 5) is 5.33. The van der Waals surface area contributed by atoms with Gasteiger partial charge in [0.05, 0.1) is 5.69 Å². The van der Waals surface area contributed by atoms with Crippen molar-refractivity contribution in [3.05, 3.63) is 23.5 Å². The van der Waals surface area contributed by atoms with E-state index < -0.39 is 0 Å². The molecule has 0 aliphatic carbocycles. The lowest BCUT2D eigenvalue weighted by atomic mass is 10.6. The minimum atomic E-state index is 1.08. The van der Waals surface area contributed by atoms with Gasteiger partial charge in [0.2, 0.25) is 0 Å². The Morgan fingerprint density at radius 3 is 3.33 bits per heavy atom. The zero-order valence-corrected chi connectivity index (χ0v) is 5.85. The molecule has 0 aliphatic heterocycles. The van der Waals surface area contributed by atoms with Gasteiger partial charge in [0.15, 0.2) is 4.96 Å². The van der Waals surface area contributed by atoms with E-state index in [0.717, 1.165) is 10.7 Å². The Hall–Kier alpha value is -0.830. The van der Waals surface area contributed by atoms with Crippen molar-refractivity contribution in [2.75, 3.05) is 0 Å². The van der Waals surface area contributed by atoms with Crippen LogP contribution in [0, 0.1) is 6.92 Å². The molecule has 0 fully saturated rings. The largest absolute Gasteiger partial charge is 0.297 e. The quantitative estimate of drug-likeness (QED) is 0.541. The molecule has 0 saturated heterocycles. The molecular weight excluding hydrogens is 132 g/mol. The van der Waals surface area contributed by atoms with Crippen LogP contribution in [-0.2, 0) is 0 Å². The van der Waals surface area contributed by atoms with E-state index in [1.54, 1.807) is 11.3 Å². The zero-order chi connectivity index (χ0) is 6.27. The first-order chi connectivity index (χ1) is 4.36. The van der Waals surface area contributed by atoms with Crippen LogP contribution >= 0.6 is 11.3 Å². The summed E-state index contributed by atoms with van der Waals surface area (Å²) in [7, 11) is 0. The maximum Gasteiger partial charge on any atom is 0.193 e. The van der Waals surface area contributed by atoms with Crippen LogP contribution in [0.5, 0.6) is 0 Å². The fourth-order valence-electron chi connectivity index (χ4n) is 0.845. The molecule has 2 nitrogen and oxygen atoms in total. The third-order valence-electron chi connectivity index (χ3n) is 1.21. The Morgan fingerprint density at radius 1 is 1.67 bits per heavy atom. The van der Waals surface area contributed by atoms with Gasteiger partial charge in [0.25, 0.3) is 0 Å². The van der Waals surface area contributed by atoms with Crippen LogP contribution in [0.25, 0.3) is 4.96 Å². The van der Waals surface area contributed by atoms with E-state index in [-0.39, 0.29) is 0 Å². The summed E-state index contributed by atoms with van der Waals surface area (Å²) < 4.78 is 2.03. The van der Waals surface area contributed by atoms with Crippen LogP contribution in [0.4, 0.5) is 0 Å². The number of aromatic nitrogens is 2. The van der Waals surface area contributed by atoms with Gasteiger partial charge in [-0.05, 0) is 6.92 Å². The molecule has 2 rings (SSSR count). The van der Waals surface area contributed by atoms with Crippen LogP contribution < -0.4 is 0 Å². The van der Waals surface area contributed by atoms with E-state index in [4.69, 9.17) is 0 Å². The molecule has 2 aromatic heterocycles. The van der Waals surface area contributed by atoms with Crippen molar-refractivity contribution < 1.29 is 0 Å². The third-order valence-corrected chi connectivity index (χ3v) is 1.98. The molecule has 0 N–H and O–H groups in total. The molecular formula is C6H6N2S. The summed E-state index contributed by atoms with van der Waals surface area (Å²) in [6.07, 6.45) is 4.03. The highest BCUT2D eigenvalue weighted by molar-refractivity contribution is 7.15. The second-order valence-corrected chi connectivity index (χ2v) is 2.85. The van der Waals surface area contributed by atoms with Crippen molar-refractivity contribution >= 4 is 16.3 Å². The van der Waals surface area contributed by atoms with Crippen molar-refractivity contribution in [1.29, 1.82) is 0 Å². The molecule has 0 bridgehead atoms. The summed E-state index contributed by atoms with van der Waals surface area (Å²) in [5.74, 6) is 0. The molecule has 0 spiro atoms. The van der Waals surface area contributed by atoms with Gasteiger partial charge in [-0.25, -0.2) is 4.98 Å². The number of hydrogen-bond donors (Lipinski definition) is 0. The van der Waals surface area contributed by atoms with Crippen LogP contribution in [0.15, 0.2) is 17.8 Å². The lowest BCUT2D eigenvalue weighted by molar-refractivity contribution is 1.22. The van der Waals surface area contributed by atoms with E-state index in [1.165, 1.54) is 0 Å². The predicted octanol–water partition coefficient (Wildman–Crippen LogP) is 1.70. The second-order valence-electron chi connectivity index (χ2n) is 1.98. The summed E-state index contributed by atoms with van der Waals surface area (Å²) >= 11 is 1.66. The first-order valence-electron chi connectivity index (χ1n) is 2.75. The highest BCUT2D eigenvalue weighted by Gasteiger charge is 1.94. The van der Waals surface area contributed by atoms with E-state index in [1.807, 2.05) is 29.1 Å². The molecule has 46 valence electrons. The summed E-state index contributed by atoms with van der Waals surface area (Å²) in [6.45, 7) is 2.00. The summed E-state index contributed by atoms with van der Waals surface area (Å²) in [6, 6.07) is 0. The Bertz CT molecular complexity index is 292. The van der Waals surface area contributed by atoms with E-state index in [0.29, 0.717) is 0 Å². The molecule has 0 aliphatic rings. The maximum atomic E-state index is 4.25. The van der Waals surface area contributed by atoms with Crippen molar-refractivity contribution in [1.82, 2.24) is 9.38 Å². The van der Waals surface area contributed by atoms with Crippen LogP contribution in [-0.4, -0.2) is 9.38 Å². The summed E-state index contributed by atoms with van der Waals surface area (Å²) in [5, 5.41) is 2.03. The van der Waals surface area contributed by atoms with E-state index in [9.17, 15) is 0 Å². The molecule has 3 heteroatoms. The lowest BCUT2D eigenvalue weighted by Crippen LogP contribution is -1.66. The Morgan fingerprint density at radius 2 is 2.56 bits per heavy atom. The van der Waals surface area contributed by atoms with Crippen molar-refractivity contribution in [3.63, 3.8) is 0 Å². The van der Waals surface area contributed by atoms with Crippen LogP contribution in [0.2, 0.25) is 0 Å². The topological polar surface area (TPSA) is 17.3 Å². The fraction of sp³-hybridized carbons (Fsp3) is 0.167. The zero-order valence-electron chi connectivity index (χ0n) is 5.03. The SMILES string of the molecule is Cc1cn2ccsc2n1. The van der Waals surface area contributed by atoms with Gasteiger partial charge >= 0.3 is 0 Å².